The summed E-state index contributed by atoms with van der Waals surface area (Å²) in [4.78, 5) is 11.6. The fourth-order valence-electron chi connectivity index (χ4n) is 3.44. The Bertz CT molecular complexity index is 825. The molecule has 1 aromatic carbocycles. The third-order valence-electron chi connectivity index (χ3n) is 4.62. The highest BCUT2D eigenvalue weighted by Crippen LogP contribution is 2.29. The minimum atomic E-state index is -0.180. The average Bonchev–Trinajstić information content (AvgIpc) is 3.15. The van der Waals surface area contributed by atoms with Gasteiger partial charge in [0.25, 0.3) is 0 Å². The van der Waals surface area contributed by atoms with Crippen molar-refractivity contribution in [3.63, 3.8) is 0 Å². The van der Waals surface area contributed by atoms with Crippen molar-refractivity contribution in [3.05, 3.63) is 59.8 Å². The predicted octanol–water partition coefficient (Wildman–Crippen LogP) is 3.10. The second-order valence-corrected chi connectivity index (χ2v) is 6.22. The van der Waals surface area contributed by atoms with E-state index < -0.39 is 0 Å². The first kappa shape index (κ1) is 14.3. The number of aromatic nitrogens is 3. The molecule has 0 N–H and O–H groups in total. The first-order valence-electron chi connectivity index (χ1n) is 7.95. The Labute approximate surface area is 134 Å². The quantitative estimate of drug-likeness (QED) is 0.745. The van der Waals surface area contributed by atoms with Crippen molar-refractivity contribution in [2.24, 2.45) is 7.05 Å². The maximum atomic E-state index is 13.0. The van der Waals surface area contributed by atoms with Gasteiger partial charge in [0.15, 0.2) is 5.65 Å². The predicted molar refractivity (Wildman–Crippen MR) is 87.5 cm³/mol. The molecule has 5 heteroatoms. The summed E-state index contributed by atoms with van der Waals surface area (Å²) in [5, 5.41) is 0. The highest BCUT2D eigenvalue weighted by Gasteiger charge is 2.27. The van der Waals surface area contributed by atoms with Gasteiger partial charge in [-0.05, 0) is 42.8 Å². The first-order valence-corrected chi connectivity index (χ1v) is 7.95. The topological polar surface area (TPSA) is 34.0 Å². The van der Waals surface area contributed by atoms with Crippen LogP contribution in [0.2, 0.25) is 0 Å². The maximum Gasteiger partial charge on any atom is 0.159 e. The Kier molecular flexibility index (Phi) is 3.58. The summed E-state index contributed by atoms with van der Waals surface area (Å²) in [6, 6.07) is 10.7. The molecule has 0 amide bonds. The van der Waals surface area contributed by atoms with Crippen LogP contribution < -0.4 is 0 Å². The normalized spacial score (nSPS) is 18.8. The lowest BCUT2D eigenvalue weighted by Crippen LogP contribution is -2.20. The lowest BCUT2D eigenvalue weighted by Gasteiger charge is -2.16. The van der Waals surface area contributed by atoms with Gasteiger partial charge in [0.1, 0.15) is 17.2 Å². The summed E-state index contributed by atoms with van der Waals surface area (Å²) in [7, 11) is 2.04. The Morgan fingerprint density at radius 3 is 2.83 bits per heavy atom. The Morgan fingerprint density at radius 2 is 2.04 bits per heavy atom. The standard InChI is InChI=1S/C18H19FN4/c1-22-17(21-16-3-2-9-20-18(16)22)14-8-10-23(12-14)11-13-4-6-15(19)7-5-13/h2-7,9,14H,8,10-12H2,1H3. The first-order chi connectivity index (χ1) is 11.2. The number of likely N-dealkylation sites (tertiary alicyclic amines) is 1. The molecule has 0 saturated carbocycles. The van der Waals surface area contributed by atoms with E-state index in [9.17, 15) is 4.39 Å². The van der Waals surface area contributed by atoms with E-state index in [2.05, 4.69) is 14.5 Å². The fourth-order valence-corrected chi connectivity index (χ4v) is 3.44. The molecule has 3 heterocycles. The van der Waals surface area contributed by atoms with Crippen molar-refractivity contribution in [3.8, 4) is 0 Å². The highest BCUT2D eigenvalue weighted by molar-refractivity contribution is 5.71. The molecule has 1 aliphatic rings. The molecule has 4 rings (SSSR count). The van der Waals surface area contributed by atoms with Crippen LogP contribution in [0.15, 0.2) is 42.6 Å². The van der Waals surface area contributed by atoms with Gasteiger partial charge in [-0.1, -0.05) is 12.1 Å². The molecule has 118 valence electrons. The van der Waals surface area contributed by atoms with Gasteiger partial charge in [-0.3, -0.25) is 4.90 Å². The molecule has 1 aliphatic heterocycles. The van der Waals surface area contributed by atoms with Crippen molar-refractivity contribution >= 4 is 11.2 Å². The molecule has 0 radical (unpaired) electrons. The Hall–Kier alpha value is -2.27. The van der Waals surface area contributed by atoms with E-state index in [0.29, 0.717) is 5.92 Å². The molecule has 4 nitrogen and oxygen atoms in total. The van der Waals surface area contributed by atoms with E-state index in [0.717, 1.165) is 48.6 Å². The van der Waals surface area contributed by atoms with Crippen molar-refractivity contribution < 1.29 is 4.39 Å². The number of halogens is 1. The molecule has 1 fully saturated rings. The molecule has 0 spiro atoms. The number of fused-ring (bicyclic) bond motifs is 1. The van der Waals surface area contributed by atoms with Gasteiger partial charge < -0.3 is 4.57 Å². The lowest BCUT2D eigenvalue weighted by molar-refractivity contribution is 0.325. The monoisotopic (exact) mass is 310 g/mol. The van der Waals surface area contributed by atoms with Gasteiger partial charge in [0.05, 0.1) is 0 Å². The molecule has 23 heavy (non-hydrogen) atoms. The van der Waals surface area contributed by atoms with Crippen LogP contribution >= 0.6 is 0 Å². The molecular formula is C18H19FN4. The molecule has 0 aliphatic carbocycles. The number of nitrogens with zero attached hydrogens (tertiary/aromatic N) is 4. The molecule has 1 unspecified atom stereocenters. The van der Waals surface area contributed by atoms with Crippen LogP contribution in [-0.2, 0) is 13.6 Å². The van der Waals surface area contributed by atoms with Gasteiger partial charge in [-0.15, -0.1) is 0 Å². The van der Waals surface area contributed by atoms with Crippen LogP contribution in [0.4, 0.5) is 4.39 Å². The van der Waals surface area contributed by atoms with Crippen LogP contribution in [0.3, 0.4) is 0 Å². The van der Waals surface area contributed by atoms with Gasteiger partial charge in [-0.2, -0.15) is 0 Å². The number of hydrogen-bond acceptors (Lipinski definition) is 3. The molecule has 0 bridgehead atoms. The number of imidazole rings is 1. The largest absolute Gasteiger partial charge is 0.316 e. The molecule has 1 atom stereocenters. The number of rotatable bonds is 3. The lowest BCUT2D eigenvalue weighted by atomic mass is 10.1. The molecule has 2 aromatic heterocycles. The molecular weight excluding hydrogens is 291 g/mol. The summed E-state index contributed by atoms with van der Waals surface area (Å²) in [6.07, 6.45) is 2.90. The van der Waals surface area contributed by atoms with E-state index in [4.69, 9.17) is 4.98 Å². The molecule has 1 saturated heterocycles. The Balaban J connectivity index is 1.51. The summed E-state index contributed by atoms with van der Waals surface area (Å²) < 4.78 is 15.1. The third-order valence-corrected chi connectivity index (χ3v) is 4.62. The van der Waals surface area contributed by atoms with Crippen molar-refractivity contribution in [2.75, 3.05) is 13.1 Å². The van der Waals surface area contributed by atoms with Crippen LogP contribution in [0.25, 0.3) is 11.2 Å². The average molecular weight is 310 g/mol. The second kappa shape index (κ2) is 5.74. The number of benzene rings is 1. The zero-order valence-corrected chi connectivity index (χ0v) is 13.1. The van der Waals surface area contributed by atoms with E-state index in [1.807, 2.05) is 37.5 Å². The van der Waals surface area contributed by atoms with E-state index in [1.165, 1.54) is 12.1 Å². The summed E-state index contributed by atoms with van der Waals surface area (Å²) in [5.74, 6) is 1.36. The van der Waals surface area contributed by atoms with Gasteiger partial charge in [0, 0.05) is 32.3 Å². The van der Waals surface area contributed by atoms with Crippen LogP contribution in [0.1, 0.15) is 23.7 Å². The zero-order chi connectivity index (χ0) is 15.8. The van der Waals surface area contributed by atoms with Gasteiger partial charge in [-0.25, -0.2) is 14.4 Å². The van der Waals surface area contributed by atoms with Crippen molar-refractivity contribution in [1.82, 2.24) is 19.4 Å². The van der Waals surface area contributed by atoms with Crippen LogP contribution in [0, 0.1) is 5.82 Å². The minimum Gasteiger partial charge on any atom is -0.316 e. The van der Waals surface area contributed by atoms with Crippen molar-refractivity contribution in [2.45, 2.75) is 18.9 Å². The third kappa shape index (κ3) is 2.72. The fraction of sp³-hybridized carbons (Fsp3) is 0.333. The van der Waals surface area contributed by atoms with E-state index in [-0.39, 0.29) is 5.82 Å². The Morgan fingerprint density at radius 1 is 1.22 bits per heavy atom. The maximum absolute atomic E-state index is 13.0. The van der Waals surface area contributed by atoms with E-state index >= 15 is 0 Å². The minimum absolute atomic E-state index is 0.180. The summed E-state index contributed by atoms with van der Waals surface area (Å²) in [6.45, 7) is 2.88. The van der Waals surface area contributed by atoms with Crippen molar-refractivity contribution in [1.29, 1.82) is 0 Å². The number of hydrogen-bond donors (Lipinski definition) is 0. The number of aryl methyl sites for hydroxylation is 1. The summed E-state index contributed by atoms with van der Waals surface area (Å²) >= 11 is 0. The van der Waals surface area contributed by atoms with Gasteiger partial charge >= 0.3 is 0 Å². The number of pyridine rings is 1. The van der Waals surface area contributed by atoms with Crippen LogP contribution in [-0.4, -0.2) is 32.5 Å². The van der Waals surface area contributed by atoms with Gasteiger partial charge in [0.2, 0.25) is 0 Å². The SMILES string of the molecule is Cn1c(C2CCN(Cc3ccc(F)cc3)C2)nc2cccnc21. The van der Waals surface area contributed by atoms with E-state index in [1.54, 1.807) is 0 Å². The highest BCUT2D eigenvalue weighted by atomic mass is 19.1. The second-order valence-electron chi connectivity index (χ2n) is 6.22. The molecule has 3 aromatic rings. The smallest absolute Gasteiger partial charge is 0.159 e. The zero-order valence-electron chi connectivity index (χ0n) is 13.1. The van der Waals surface area contributed by atoms with Crippen LogP contribution in [0.5, 0.6) is 0 Å². The summed E-state index contributed by atoms with van der Waals surface area (Å²) in [5.41, 5.74) is 3.06.